The van der Waals surface area contributed by atoms with Crippen LogP contribution in [-0.4, -0.2) is 46.5 Å². The van der Waals surface area contributed by atoms with Crippen molar-refractivity contribution in [2.75, 3.05) is 20.2 Å². The highest BCUT2D eigenvalue weighted by atomic mass is 16.5. The van der Waals surface area contributed by atoms with Gasteiger partial charge in [0.05, 0.1) is 24.7 Å². The van der Waals surface area contributed by atoms with Crippen LogP contribution in [-0.2, 0) is 17.9 Å². The summed E-state index contributed by atoms with van der Waals surface area (Å²) in [7, 11) is 1.59. The smallest absolute Gasteiger partial charge is 0.251 e. The molecule has 4 rings (SSSR count). The number of para-hydroxylation sites is 2. The molecule has 1 fully saturated rings. The maximum absolute atomic E-state index is 12.7. The summed E-state index contributed by atoms with van der Waals surface area (Å²) in [5.41, 5.74) is 2.26. The first-order valence-corrected chi connectivity index (χ1v) is 9.80. The number of fused-ring (bicyclic) bond motifs is 1. The molecule has 2 aromatic carbocycles. The van der Waals surface area contributed by atoms with E-state index in [1.54, 1.807) is 31.4 Å². The monoisotopic (exact) mass is 392 g/mol. The fraction of sp³-hybridized carbons (Fsp3) is 0.318. The normalized spacial score (nSPS) is 13.6. The number of rotatable bonds is 6. The minimum absolute atomic E-state index is 0.0911. The molecule has 0 atom stereocenters. The number of nitrogens with zero attached hydrogens (tertiary/aromatic N) is 3. The molecule has 0 unspecified atom stereocenters. The molecule has 0 aliphatic carbocycles. The zero-order valence-corrected chi connectivity index (χ0v) is 16.4. The highest BCUT2D eigenvalue weighted by Crippen LogP contribution is 2.18. The summed E-state index contributed by atoms with van der Waals surface area (Å²) in [5.74, 6) is 1.26. The number of likely N-dealkylation sites (tertiary alicyclic amines) is 1. The minimum Gasteiger partial charge on any atom is -0.497 e. The Morgan fingerprint density at radius 2 is 1.79 bits per heavy atom. The van der Waals surface area contributed by atoms with Gasteiger partial charge in [0.1, 0.15) is 18.1 Å². The molecule has 3 aromatic rings. The lowest BCUT2D eigenvalue weighted by Gasteiger charge is -2.17. The van der Waals surface area contributed by atoms with E-state index in [0.717, 1.165) is 37.0 Å². The third-order valence-corrected chi connectivity index (χ3v) is 5.25. The molecule has 150 valence electrons. The number of methoxy groups -OCH3 is 1. The summed E-state index contributed by atoms with van der Waals surface area (Å²) >= 11 is 0. The number of hydrogen-bond donors (Lipinski definition) is 1. The van der Waals surface area contributed by atoms with Gasteiger partial charge in [0, 0.05) is 18.7 Å². The van der Waals surface area contributed by atoms with Gasteiger partial charge in [-0.3, -0.25) is 9.59 Å². The molecular formula is C22H24N4O3. The summed E-state index contributed by atoms with van der Waals surface area (Å²) in [4.78, 5) is 31.8. The van der Waals surface area contributed by atoms with Crippen LogP contribution < -0.4 is 10.1 Å². The van der Waals surface area contributed by atoms with Crippen molar-refractivity contribution in [2.24, 2.45) is 0 Å². The van der Waals surface area contributed by atoms with E-state index in [1.807, 2.05) is 33.7 Å². The second-order valence-electron chi connectivity index (χ2n) is 7.10. The number of nitrogens with one attached hydrogen (secondary N) is 1. The first-order chi connectivity index (χ1) is 14.2. The Labute approximate surface area is 169 Å². The SMILES string of the molecule is COc1ccc(C(=O)NCc2nc3ccccc3n2CC(=O)N2CCCC2)cc1. The van der Waals surface area contributed by atoms with Crippen molar-refractivity contribution in [3.05, 3.63) is 59.9 Å². The molecule has 2 amide bonds. The first kappa shape index (κ1) is 19.0. The van der Waals surface area contributed by atoms with Gasteiger partial charge >= 0.3 is 0 Å². The van der Waals surface area contributed by atoms with Crippen molar-refractivity contribution < 1.29 is 14.3 Å². The van der Waals surface area contributed by atoms with Crippen molar-refractivity contribution >= 4 is 22.8 Å². The van der Waals surface area contributed by atoms with Gasteiger partial charge < -0.3 is 19.5 Å². The molecule has 1 saturated heterocycles. The van der Waals surface area contributed by atoms with Gasteiger partial charge in [0.15, 0.2) is 0 Å². The third kappa shape index (κ3) is 4.08. The number of carbonyl (C=O) groups excluding carboxylic acids is 2. The number of amides is 2. The molecule has 2 heterocycles. The van der Waals surface area contributed by atoms with Crippen LogP contribution in [0.25, 0.3) is 11.0 Å². The van der Waals surface area contributed by atoms with Gasteiger partial charge in [-0.05, 0) is 49.2 Å². The van der Waals surface area contributed by atoms with Crippen molar-refractivity contribution in [3.63, 3.8) is 0 Å². The number of aromatic nitrogens is 2. The van der Waals surface area contributed by atoms with Gasteiger partial charge in [-0.15, -0.1) is 0 Å². The lowest BCUT2D eigenvalue weighted by molar-refractivity contribution is -0.130. The van der Waals surface area contributed by atoms with Gasteiger partial charge in [-0.1, -0.05) is 12.1 Å². The number of ether oxygens (including phenoxy) is 1. The Hall–Kier alpha value is -3.35. The van der Waals surface area contributed by atoms with Gasteiger partial charge in [-0.25, -0.2) is 4.98 Å². The number of imidazole rings is 1. The van der Waals surface area contributed by atoms with Gasteiger partial charge in [-0.2, -0.15) is 0 Å². The highest BCUT2D eigenvalue weighted by molar-refractivity contribution is 5.94. The lowest BCUT2D eigenvalue weighted by atomic mass is 10.2. The van der Waals surface area contributed by atoms with Gasteiger partial charge in [0.2, 0.25) is 5.91 Å². The number of benzene rings is 2. The number of hydrogen-bond acceptors (Lipinski definition) is 4. The molecule has 0 saturated carbocycles. The average Bonchev–Trinajstić information content (AvgIpc) is 3.41. The summed E-state index contributed by atoms with van der Waals surface area (Å²) < 4.78 is 7.03. The zero-order chi connectivity index (χ0) is 20.2. The van der Waals surface area contributed by atoms with E-state index >= 15 is 0 Å². The van der Waals surface area contributed by atoms with E-state index in [-0.39, 0.29) is 24.9 Å². The van der Waals surface area contributed by atoms with Crippen LogP contribution >= 0.6 is 0 Å². The Morgan fingerprint density at radius 1 is 1.07 bits per heavy atom. The molecule has 0 spiro atoms. The zero-order valence-electron chi connectivity index (χ0n) is 16.4. The van der Waals surface area contributed by atoms with Crippen LogP contribution in [0.2, 0.25) is 0 Å². The molecular weight excluding hydrogens is 368 g/mol. The highest BCUT2D eigenvalue weighted by Gasteiger charge is 2.21. The van der Waals surface area contributed by atoms with E-state index in [2.05, 4.69) is 10.3 Å². The summed E-state index contributed by atoms with van der Waals surface area (Å²) in [6, 6.07) is 14.7. The molecule has 1 aromatic heterocycles. The summed E-state index contributed by atoms with van der Waals surface area (Å²) in [6.07, 6.45) is 2.11. The Morgan fingerprint density at radius 3 is 2.52 bits per heavy atom. The maximum Gasteiger partial charge on any atom is 0.251 e. The standard InChI is InChI=1S/C22H24N4O3/c1-29-17-10-8-16(9-11-17)22(28)23-14-20-24-18-6-2-3-7-19(18)26(20)15-21(27)25-12-4-5-13-25/h2-3,6-11H,4-5,12-15H2,1H3,(H,23,28). The second kappa shape index (κ2) is 8.34. The van der Waals surface area contributed by atoms with E-state index in [4.69, 9.17) is 4.74 Å². The first-order valence-electron chi connectivity index (χ1n) is 9.80. The fourth-order valence-corrected chi connectivity index (χ4v) is 3.64. The van der Waals surface area contributed by atoms with E-state index in [1.165, 1.54) is 0 Å². The molecule has 0 bridgehead atoms. The topological polar surface area (TPSA) is 76.5 Å². The molecule has 1 N–H and O–H groups in total. The predicted molar refractivity (Wildman–Crippen MR) is 110 cm³/mol. The lowest BCUT2D eigenvalue weighted by Crippen LogP contribution is -2.32. The Balaban J connectivity index is 1.52. The van der Waals surface area contributed by atoms with Crippen LogP contribution in [0.3, 0.4) is 0 Å². The molecule has 0 radical (unpaired) electrons. The Kier molecular flexibility index (Phi) is 5.46. The molecule has 29 heavy (non-hydrogen) atoms. The van der Waals surface area contributed by atoms with E-state index in [0.29, 0.717) is 17.1 Å². The average molecular weight is 392 g/mol. The molecule has 1 aliphatic rings. The molecule has 1 aliphatic heterocycles. The van der Waals surface area contributed by atoms with Crippen molar-refractivity contribution in [1.82, 2.24) is 19.8 Å². The summed E-state index contributed by atoms with van der Waals surface area (Å²) in [5, 5.41) is 2.91. The van der Waals surface area contributed by atoms with E-state index in [9.17, 15) is 9.59 Å². The van der Waals surface area contributed by atoms with Crippen LogP contribution in [0, 0.1) is 0 Å². The van der Waals surface area contributed by atoms with Crippen molar-refractivity contribution in [2.45, 2.75) is 25.9 Å². The minimum atomic E-state index is -0.197. The van der Waals surface area contributed by atoms with Crippen LogP contribution in [0.15, 0.2) is 48.5 Å². The van der Waals surface area contributed by atoms with Crippen molar-refractivity contribution in [1.29, 1.82) is 0 Å². The predicted octanol–water partition coefficient (Wildman–Crippen LogP) is 2.60. The molecule has 7 heteroatoms. The quantitative estimate of drug-likeness (QED) is 0.700. The third-order valence-electron chi connectivity index (χ3n) is 5.25. The number of carbonyl (C=O) groups is 2. The maximum atomic E-state index is 12.7. The Bertz CT molecular complexity index is 1020. The van der Waals surface area contributed by atoms with Crippen LogP contribution in [0.5, 0.6) is 5.75 Å². The largest absolute Gasteiger partial charge is 0.497 e. The second-order valence-corrected chi connectivity index (χ2v) is 7.10. The van der Waals surface area contributed by atoms with Gasteiger partial charge in [0.25, 0.3) is 5.91 Å². The fourth-order valence-electron chi connectivity index (χ4n) is 3.64. The van der Waals surface area contributed by atoms with E-state index < -0.39 is 0 Å². The molecule has 7 nitrogen and oxygen atoms in total. The van der Waals surface area contributed by atoms with Crippen LogP contribution in [0.4, 0.5) is 0 Å². The van der Waals surface area contributed by atoms with Crippen molar-refractivity contribution in [3.8, 4) is 5.75 Å². The summed E-state index contributed by atoms with van der Waals surface area (Å²) in [6.45, 7) is 2.10. The van der Waals surface area contributed by atoms with Crippen LogP contribution in [0.1, 0.15) is 29.0 Å².